The number of carboxylic acids is 1. The maximum Gasteiger partial charge on any atom is 0.345 e. The first-order valence-corrected chi connectivity index (χ1v) is 4.61. The standard InChI is InChI=1S/C11H10O4/c1-6-2-3-7-5-9(10(12)13)15-11(14)8(7)4-6/h2-4,9H,5H2,1H3,(H,12,13). The van der Waals surface area contributed by atoms with E-state index in [2.05, 4.69) is 0 Å². The second-order valence-corrected chi connectivity index (χ2v) is 3.60. The molecule has 1 unspecified atom stereocenters. The Labute approximate surface area is 86.5 Å². The summed E-state index contributed by atoms with van der Waals surface area (Å²) < 4.78 is 4.79. The summed E-state index contributed by atoms with van der Waals surface area (Å²) in [7, 11) is 0. The van der Waals surface area contributed by atoms with Gasteiger partial charge in [-0.1, -0.05) is 17.7 Å². The highest BCUT2D eigenvalue weighted by Gasteiger charge is 2.30. The Bertz CT molecular complexity index is 436. The number of benzene rings is 1. The molecule has 1 N–H and O–H groups in total. The fourth-order valence-electron chi connectivity index (χ4n) is 1.63. The van der Waals surface area contributed by atoms with Crippen LogP contribution in [0.15, 0.2) is 18.2 Å². The Kier molecular flexibility index (Phi) is 2.19. The lowest BCUT2D eigenvalue weighted by Gasteiger charge is -2.21. The molecule has 0 amide bonds. The van der Waals surface area contributed by atoms with Gasteiger partial charge < -0.3 is 9.84 Å². The maximum atomic E-state index is 11.5. The fraction of sp³-hybridized carbons (Fsp3) is 0.273. The van der Waals surface area contributed by atoms with E-state index >= 15 is 0 Å². The highest BCUT2D eigenvalue weighted by atomic mass is 16.6. The van der Waals surface area contributed by atoms with Crippen LogP contribution in [0.4, 0.5) is 0 Å². The van der Waals surface area contributed by atoms with E-state index in [0.717, 1.165) is 11.1 Å². The molecule has 0 aliphatic carbocycles. The number of cyclic esters (lactones) is 1. The zero-order valence-corrected chi connectivity index (χ0v) is 8.19. The molecule has 1 aliphatic rings. The van der Waals surface area contributed by atoms with Gasteiger partial charge in [0, 0.05) is 6.42 Å². The summed E-state index contributed by atoms with van der Waals surface area (Å²) in [5.74, 6) is -1.65. The molecule has 1 atom stereocenters. The van der Waals surface area contributed by atoms with Gasteiger partial charge in [0.05, 0.1) is 5.56 Å². The predicted molar refractivity (Wildman–Crippen MR) is 51.7 cm³/mol. The van der Waals surface area contributed by atoms with Crippen LogP contribution in [0.2, 0.25) is 0 Å². The quantitative estimate of drug-likeness (QED) is 0.700. The molecule has 1 aromatic rings. The van der Waals surface area contributed by atoms with Crippen LogP contribution in [0.25, 0.3) is 0 Å². The van der Waals surface area contributed by atoms with Crippen LogP contribution in [0.5, 0.6) is 0 Å². The van der Waals surface area contributed by atoms with E-state index in [1.807, 2.05) is 13.0 Å². The number of aliphatic carboxylic acids is 1. The van der Waals surface area contributed by atoms with Crippen molar-refractivity contribution in [1.29, 1.82) is 0 Å². The number of rotatable bonds is 1. The number of carbonyl (C=O) groups excluding carboxylic acids is 1. The molecule has 15 heavy (non-hydrogen) atoms. The molecule has 0 saturated heterocycles. The molecule has 78 valence electrons. The SMILES string of the molecule is Cc1ccc2c(c1)C(=O)OC(C(=O)O)C2. The van der Waals surface area contributed by atoms with Gasteiger partial charge in [-0.25, -0.2) is 9.59 Å². The third-order valence-corrected chi connectivity index (χ3v) is 2.42. The van der Waals surface area contributed by atoms with Crippen molar-refractivity contribution < 1.29 is 19.4 Å². The van der Waals surface area contributed by atoms with Crippen LogP contribution in [-0.4, -0.2) is 23.1 Å². The number of carboxylic acid groups (broad SMARTS) is 1. The predicted octanol–water partition coefficient (Wildman–Crippen LogP) is 1.16. The number of fused-ring (bicyclic) bond motifs is 1. The molecule has 0 saturated carbocycles. The van der Waals surface area contributed by atoms with Crippen LogP contribution < -0.4 is 0 Å². The average molecular weight is 206 g/mol. The minimum atomic E-state index is -1.10. The normalized spacial score (nSPS) is 19.3. The molecule has 0 spiro atoms. The van der Waals surface area contributed by atoms with Gasteiger partial charge in [-0.3, -0.25) is 0 Å². The lowest BCUT2D eigenvalue weighted by atomic mass is 9.97. The Morgan fingerprint density at radius 2 is 2.27 bits per heavy atom. The highest BCUT2D eigenvalue weighted by Crippen LogP contribution is 2.21. The number of carbonyl (C=O) groups is 2. The molecule has 4 heteroatoms. The molecular formula is C11H10O4. The topological polar surface area (TPSA) is 63.6 Å². The monoisotopic (exact) mass is 206 g/mol. The first kappa shape index (κ1) is 9.71. The van der Waals surface area contributed by atoms with Crippen molar-refractivity contribution in [2.24, 2.45) is 0 Å². The van der Waals surface area contributed by atoms with Gasteiger partial charge in [0.1, 0.15) is 0 Å². The first-order chi connectivity index (χ1) is 7.08. The van der Waals surface area contributed by atoms with Gasteiger partial charge in [-0.05, 0) is 18.6 Å². The molecule has 0 radical (unpaired) electrons. The minimum absolute atomic E-state index is 0.247. The van der Waals surface area contributed by atoms with Gasteiger partial charge in [-0.15, -0.1) is 0 Å². The van der Waals surface area contributed by atoms with Crippen molar-refractivity contribution in [1.82, 2.24) is 0 Å². The Morgan fingerprint density at radius 1 is 1.53 bits per heavy atom. The molecule has 4 nitrogen and oxygen atoms in total. The van der Waals surface area contributed by atoms with Gasteiger partial charge in [-0.2, -0.15) is 0 Å². The minimum Gasteiger partial charge on any atom is -0.478 e. The van der Waals surface area contributed by atoms with E-state index in [1.54, 1.807) is 12.1 Å². The molecule has 1 aromatic carbocycles. The zero-order valence-electron chi connectivity index (χ0n) is 8.19. The maximum absolute atomic E-state index is 11.5. The molecule has 1 aliphatic heterocycles. The lowest BCUT2D eigenvalue weighted by molar-refractivity contribution is -0.147. The van der Waals surface area contributed by atoms with Gasteiger partial charge in [0.2, 0.25) is 6.10 Å². The smallest absolute Gasteiger partial charge is 0.345 e. The van der Waals surface area contributed by atoms with Crippen LogP contribution >= 0.6 is 0 Å². The second-order valence-electron chi connectivity index (χ2n) is 3.60. The third-order valence-electron chi connectivity index (χ3n) is 2.42. The number of hydrogen-bond acceptors (Lipinski definition) is 3. The molecule has 1 heterocycles. The summed E-state index contributed by atoms with van der Waals surface area (Å²) in [6.45, 7) is 1.87. The van der Waals surface area contributed by atoms with Crippen molar-refractivity contribution in [2.45, 2.75) is 19.4 Å². The summed E-state index contributed by atoms with van der Waals surface area (Å²) in [6, 6.07) is 5.35. The third kappa shape index (κ3) is 1.70. The average Bonchev–Trinajstić information content (AvgIpc) is 2.18. The van der Waals surface area contributed by atoms with Crippen LogP contribution in [-0.2, 0) is 16.0 Å². The van der Waals surface area contributed by atoms with E-state index in [9.17, 15) is 9.59 Å². The summed E-state index contributed by atoms with van der Waals surface area (Å²) in [5.41, 5.74) is 2.18. The molecule has 2 rings (SSSR count). The second kappa shape index (κ2) is 3.38. The Morgan fingerprint density at radius 3 is 2.93 bits per heavy atom. The summed E-state index contributed by atoms with van der Waals surface area (Å²) in [6.07, 6.45) is -0.802. The van der Waals surface area contributed by atoms with Crippen molar-refractivity contribution >= 4 is 11.9 Å². The van der Waals surface area contributed by atoms with Crippen molar-refractivity contribution in [2.75, 3.05) is 0 Å². The largest absolute Gasteiger partial charge is 0.478 e. The summed E-state index contributed by atoms with van der Waals surface area (Å²) in [4.78, 5) is 22.2. The zero-order chi connectivity index (χ0) is 11.0. The van der Waals surface area contributed by atoms with E-state index in [0.29, 0.717) is 5.56 Å². The number of hydrogen-bond donors (Lipinski definition) is 1. The molecule has 0 fully saturated rings. The lowest BCUT2D eigenvalue weighted by Crippen LogP contribution is -2.34. The Hall–Kier alpha value is -1.84. The van der Waals surface area contributed by atoms with Gasteiger partial charge >= 0.3 is 11.9 Å². The van der Waals surface area contributed by atoms with E-state index in [4.69, 9.17) is 9.84 Å². The van der Waals surface area contributed by atoms with Crippen molar-refractivity contribution in [3.05, 3.63) is 34.9 Å². The summed E-state index contributed by atoms with van der Waals surface area (Å²) >= 11 is 0. The number of aryl methyl sites for hydroxylation is 1. The first-order valence-electron chi connectivity index (χ1n) is 4.61. The van der Waals surface area contributed by atoms with Crippen LogP contribution in [0.3, 0.4) is 0 Å². The molecule has 0 bridgehead atoms. The number of ether oxygens (including phenoxy) is 1. The van der Waals surface area contributed by atoms with E-state index in [1.165, 1.54) is 0 Å². The van der Waals surface area contributed by atoms with Crippen molar-refractivity contribution in [3.63, 3.8) is 0 Å². The number of esters is 1. The molecular weight excluding hydrogens is 196 g/mol. The van der Waals surface area contributed by atoms with E-state index in [-0.39, 0.29) is 6.42 Å². The van der Waals surface area contributed by atoms with Gasteiger partial charge in [0.25, 0.3) is 0 Å². The Balaban J connectivity index is 2.41. The van der Waals surface area contributed by atoms with E-state index < -0.39 is 18.0 Å². The van der Waals surface area contributed by atoms with Gasteiger partial charge in [0.15, 0.2) is 0 Å². The van der Waals surface area contributed by atoms with Crippen LogP contribution in [0.1, 0.15) is 21.5 Å². The summed E-state index contributed by atoms with van der Waals surface area (Å²) in [5, 5.41) is 8.76. The fourth-order valence-corrected chi connectivity index (χ4v) is 1.63. The highest BCUT2D eigenvalue weighted by molar-refractivity contribution is 5.94. The van der Waals surface area contributed by atoms with Crippen LogP contribution in [0, 0.1) is 6.92 Å². The molecule has 0 aromatic heterocycles. The van der Waals surface area contributed by atoms with Crippen molar-refractivity contribution in [3.8, 4) is 0 Å².